The highest BCUT2D eigenvalue weighted by atomic mass is 14.5. The molecule has 80 valence electrons. The molecule has 0 saturated heterocycles. The molecule has 0 fully saturated rings. The number of rotatable bonds is 8. The molecule has 0 aromatic heterocycles. The summed E-state index contributed by atoms with van der Waals surface area (Å²) in [7, 11) is 0. The summed E-state index contributed by atoms with van der Waals surface area (Å²) in [6.45, 7) is 6.18. The molecule has 13 heavy (non-hydrogen) atoms. The van der Waals surface area contributed by atoms with Crippen LogP contribution in [-0.2, 0) is 0 Å². The van der Waals surface area contributed by atoms with Crippen LogP contribution in [0.1, 0.15) is 46.0 Å². The van der Waals surface area contributed by atoms with Crippen LogP contribution in [0, 0.1) is 11.8 Å². The first-order valence-corrected chi connectivity index (χ1v) is 5.64. The molecule has 0 aliphatic carbocycles. The maximum Gasteiger partial charge on any atom is -0.00514 e. The Hall–Kier alpha value is -0.0800. The fourth-order valence-corrected chi connectivity index (χ4v) is 1.73. The SMILES string of the molecule is CCC(CCCCN)CC(C)CN. The standard InChI is InChI=1S/C11H26N2/c1-3-11(6-4-5-7-12)8-10(2)9-13/h10-11H,3-9,12-13H2,1-2H3. The van der Waals surface area contributed by atoms with Crippen molar-refractivity contribution in [1.29, 1.82) is 0 Å². The van der Waals surface area contributed by atoms with Crippen molar-refractivity contribution in [3.05, 3.63) is 0 Å². The second-order valence-electron chi connectivity index (χ2n) is 4.14. The number of hydrogen-bond donors (Lipinski definition) is 2. The van der Waals surface area contributed by atoms with Crippen LogP contribution >= 0.6 is 0 Å². The van der Waals surface area contributed by atoms with Crippen molar-refractivity contribution in [3.63, 3.8) is 0 Å². The first-order valence-electron chi connectivity index (χ1n) is 5.64. The minimum Gasteiger partial charge on any atom is -0.330 e. The van der Waals surface area contributed by atoms with Gasteiger partial charge in [0.15, 0.2) is 0 Å². The largest absolute Gasteiger partial charge is 0.330 e. The summed E-state index contributed by atoms with van der Waals surface area (Å²) in [5, 5.41) is 0. The molecule has 2 unspecified atom stereocenters. The summed E-state index contributed by atoms with van der Waals surface area (Å²) in [6, 6.07) is 0. The second-order valence-corrected chi connectivity index (χ2v) is 4.14. The quantitative estimate of drug-likeness (QED) is 0.571. The lowest BCUT2D eigenvalue weighted by Crippen LogP contribution is -2.15. The molecule has 2 heteroatoms. The van der Waals surface area contributed by atoms with E-state index in [4.69, 9.17) is 11.5 Å². The fourth-order valence-electron chi connectivity index (χ4n) is 1.73. The average Bonchev–Trinajstić information content (AvgIpc) is 2.16. The molecule has 2 nitrogen and oxygen atoms in total. The Morgan fingerprint density at radius 3 is 2.31 bits per heavy atom. The van der Waals surface area contributed by atoms with Crippen molar-refractivity contribution in [2.75, 3.05) is 13.1 Å². The molecular weight excluding hydrogens is 160 g/mol. The van der Waals surface area contributed by atoms with Crippen LogP contribution in [0.2, 0.25) is 0 Å². The van der Waals surface area contributed by atoms with Crippen molar-refractivity contribution in [1.82, 2.24) is 0 Å². The third-order valence-corrected chi connectivity index (χ3v) is 2.78. The zero-order valence-corrected chi connectivity index (χ0v) is 9.26. The smallest absolute Gasteiger partial charge is 0.00514 e. The second kappa shape index (κ2) is 8.52. The summed E-state index contributed by atoms with van der Waals surface area (Å²) in [4.78, 5) is 0. The van der Waals surface area contributed by atoms with Gasteiger partial charge in [0.2, 0.25) is 0 Å². The Morgan fingerprint density at radius 1 is 1.15 bits per heavy atom. The Kier molecular flexibility index (Phi) is 8.46. The summed E-state index contributed by atoms with van der Waals surface area (Å²) >= 11 is 0. The minimum absolute atomic E-state index is 0.683. The molecule has 0 aromatic carbocycles. The molecule has 0 saturated carbocycles. The normalized spacial score (nSPS) is 15.7. The Bertz CT molecular complexity index is 104. The first kappa shape index (κ1) is 12.9. The van der Waals surface area contributed by atoms with Crippen molar-refractivity contribution >= 4 is 0 Å². The third-order valence-electron chi connectivity index (χ3n) is 2.78. The van der Waals surface area contributed by atoms with E-state index in [9.17, 15) is 0 Å². The molecular formula is C11H26N2. The van der Waals surface area contributed by atoms with Gasteiger partial charge < -0.3 is 11.5 Å². The molecule has 2 atom stereocenters. The van der Waals surface area contributed by atoms with Crippen LogP contribution in [0.5, 0.6) is 0 Å². The van der Waals surface area contributed by atoms with Crippen LogP contribution in [0.15, 0.2) is 0 Å². The highest BCUT2D eigenvalue weighted by molar-refractivity contribution is 4.63. The van der Waals surface area contributed by atoms with Crippen LogP contribution in [-0.4, -0.2) is 13.1 Å². The lowest BCUT2D eigenvalue weighted by atomic mass is 9.89. The lowest BCUT2D eigenvalue weighted by molar-refractivity contribution is 0.355. The monoisotopic (exact) mass is 186 g/mol. The maximum absolute atomic E-state index is 5.61. The van der Waals surface area contributed by atoms with Crippen molar-refractivity contribution in [3.8, 4) is 0 Å². The van der Waals surface area contributed by atoms with Gasteiger partial charge in [-0.05, 0) is 37.8 Å². The van der Waals surface area contributed by atoms with E-state index < -0.39 is 0 Å². The number of nitrogens with two attached hydrogens (primary N) is 2. The highest BCUT2D eigenvalue weighted by Crippen LogP contribution is 2.20. The molecule has 0 spiro atoms. The maximum atomic E-state index is 5.61. The van der Waals surface area contributed by atoms with E-state index in [0.717, 1.165) is 19.0 Å². The van der Waals surface area contributed by atoms with Gasteiger partial charge in [0.25, 0.3) is 0 Å². The third kappa shape index (κ3) is 7.03. The molecule has 0 amide bonds. The summed E-state index contributed by atoms with van der Waals surface area (Å²) in [5.74, 6) is 1.55. The van der Waals surface area contributed by atoms with Crippen molar-refractivity contribution in [2.24, 2.45) is 23.3 Å². The predicted octanol–water partition coefficient (Wildman–Crippen LogP) is 2.13. The van der Waals surface area contributed by atoms with Crippen LogP contribution < -0.4 is 11.5 Å². The zero-order valence-electron chi connectivity index (χ0n) is 9.26. The summed E-state index contributed by atoms with van der Waals surface area (Å²) < 4.78 is 0. The Labute approximate surface area is 83.1 Å². The van der Waals surface area contributed by atoms with E-state index in [1.807, 2.05) is 0 Å². The zero-order chi connectivity index (χ0) is 10.1. The van der Waals surface area contributed by atoms with E-state index in [1.165, 1.54) is 32.1 Å². The number of hydrogen-bond acceptors (Lipinski definition) is 2. The Balaban J connectivity index is 3.50. The van der Waals surface area contributed by atoms with Gasteiger partial charge >= 0.3 is 0 Å². The van der Waals surface area contributed by atoms with Gasteiger partial charge in [-0.3, -0.25) is 0 Å². The molecule has 0 heterocycles. The molecule has 0 aliphatic rings. The molecule has 0 aromatic rings. The van der Waals surface area contributed by atoms with Gasteiger partial charge in [-0.1, -0.05) is 33.1 Å². The molecule has 0 aliphatic heterocycles. The first-order chi connectivity index (χ1) is 6.24. The lowest BCUT2D eigenvalue weighted by Gasteiger charge is -2.18. The van der Waals surface area contributed by atoms with Gasteiger partial charge in [-0.2, -0.15) is 0 Å². The molecule has 0 bridgehead atoms. The topological polar surface area (TPSA) is 52.0 Å². The molecule has 0 radical (unpaired) electrons. The summed E-state index contributed by atoms with van der Waals surface area (Å²) in [5.41, 5.74) is 11.1. The van der Waals surface area contributed by atoms with Crippen LogP contribution in [0.25, 0.3) is 0 Å². The van der Waals surface area contributed by atoms with Gasteiger partial charge in [0.1, 0.15) is 0 Å². The van der Waals surface area contributed by atoms with Gasteiger partial charge in [0, 0.05) is 0 Å². The van der Waals surface area contributed by atoms with Gasteiger partial charge in [-0.15, -0.1) is 0 Å². The molecule has 4 N–H and O–H groups in total. The van der Waals surface area contributed by atoms with Crippen LogP contribution in [0.4, 0.5) is 0 Å². The van der Waals surface area contributed by atoms with Gasteiger partial charge in [0.05, 0.1) is 0 Å². The highest BCUT2D eigenvalue weighted by Gasteiger charge is 2.09. The average molecular weight is 186 g/mol. The van der Waals surface area contributed by atoms with Crippen molar-refractivity contribution < 1.29 is 0 Å². The van der Waals surface area contributed by atoms with Crippen LogP contribution in [0.3, 0.4) is 0 Å². The van der Waals surface area contributed by atoms with E-state index in [2.05, 4.69) is 13.8 Å². The van der Waals surface area contributed by atoms with Crippen molar-refractivity contribution in [2.45, 2.75) is 46.0 Å². The van der Waals surface area contributed by atoms with E-state index in [0.29, 0.717) is 5.92 Å². The Morgan fingerprint density at radius 2 is 1.85 bits per heavy atom. The minimum atomic E-state index is 0.683. The summed E-state index contributed by atoms with van der Waals surface area (Å²) in [6.07, 6.45) is 6.37. The predicted molar refractivity (Wildman–Crippen MR) is 59.5 cm³/mol. The van der Waals surface area contributed by atoms with Gasteiger partial charge in [-0.25, -0.2) is 0 Å². The van der Waals surface area contributed by atoms with E-state index in [-0.39, 0.29) is 0 Å². The van der Waals surface area contributed by atoms with E-state index >= 15 is 0 Å². The fraction of sp³-hybridized carbons (Fsp3) is 1.00. The molecule has 0 rings (SSSR count). The number of unbranched alkanes of at least 4 members (excludes halogenated alkanes) is 1. The van der Waals surface area contributed by atoms with E-state index in [1.54, 1.807) is 0 Å².